The van der Waals surface area contributed by atoms with Crippen molar-refractivity contribution in [2.75, 3.05) is 12.9 Å². The summed E-state index contributed by atoms with van der Waals surface area (Å²) in [4.78, 5) is 0. The summed E-state index contributed by atoms with van der Waals surface area (Å²) in [5.41, 5.74) is 0. The van der Waals surface area contributed by atoms with Crippen LogP contribution in [0.5, 0.6) is 0 Å². The van der Waals surface area contributed by atoms with Gasteiger partial charge in [-0.15, -0.1) is 0 Å². The maximum Gasteiger partial charge on any atom is 0.237 e. The van der Waals surface area contributed by atoms with Gasteiger partial charge in [0, 0.05) is 0 Å². The molecule has 15 heavy (non-hydrogen) atoms. The van der Waals surface area contributed by atoms with Crippen molar-refractivity contribution in [3.05, 3.63) is 21.6 Å². The number of hydrogen-bond acceptors (Lipinski definition) is 4. The van der Waals surface area contributed by atoms with E-state index in [1.165, 1.54) is 7.11 Å². The van der Waals surface area contributed by atoms with E-state index in [-0.39, 0.29) is 13.2 Å². The molecule has 0 aliphatic heterocycles. The van der Waals surface area contributed by atoms with E-state index in [4.69, 9.17) is 0 Å². The van der Waals surface area contributed by atoms with Crippen LogP contribution in [0.3, 0.4) is 0 Å². The number of hydrogen-bond donors (Lipinski definition) is 0. The summed E-state index contributed by atoms with van der Waals surface area (Å²) >= 11 is 0. The van der Waals surface area contributed by atoms with Crippen molar-refractivity contribution >= 4 is 10.1 Å². The van der Waals surface area contributed by atoms with Crippen LogP contribution < -0.4 is 0 Å². The van der Waals surface area contributed by atoms with E-state index in [1.807, 2.05) is 6.92 Å². The zero-order valence-corrected chi connectivity index (χ0v) is 23.6. The van der Waals surface area contributed by atoms with Crippen LogP contribution in [0.1, 0.15) is 19.8 Å². The van der Waals surface area contributed by atoms with Crippen molar-refractivity contribution in [3.63, 3.8) is 0 Å². The fraction of sp³-hybridized carbons (Fsp3) is 0.625. The van der Waals surface area contributed by atoms with Crippen LogP contribution in [-0.4, -0.2) is 21.3 Å². The van der Waals surface area contributed by atoms with Crippen molar-refractivity contribution in [1.82, 2.24) is 0 Å². The molecule has 0 unspecified atom stereocenters. The van der Waals surface area contributed by atoms with Crippen molar-refractivity contribution in [2.45, 2.75) is 19.8 Å². The molecule has 88 valence electrons. The molecular formula is C8H19O4Rf2S-3. The Bertz CT molecular complexity index is 171. The fourth-order valence-corrected chi connectivity index (χ4v) is 1.14. The topological polar surface area (TPSA) is 52.6 Å². The molecule has 0 aromatic carbocycles. The molecule has 7 heteroatoms. The van der Waals surface area contributed by atoms with Gasteiger partial charge in [0.05, 0.1) is 5.75 Å². The van der Waals surface area contributed by atoms with E-state index in [2.05, 4.69) is 23.1 Å². The van der Waals surface area contributed by atoms with Crippen LogP contribution in [0, 0.1) is 21.6 Å². The monoisotopic (exact) mass is 745 g/mol. The van der Waals surface area contributed by atoms with Gasteiger partial charge < -0.3 is 16.3 Å². The summed E-state index contributed by atoms with van der Waals surface area (Å²) in [5, 5.41) is 0. The van der Waals surface area contributed by atoms with E-state index in [1.54, 1.807) is 0 Å². The Hall–Kier alpha value is -2.13. The summed E-state index contributed by atoms with van der Waals surface area (Å²) < 4.78 is 28.9. The maximum absolute atomic E-state index is 10.5. The quantitative estimate of drug-likeness (QED) is 0.326. The predicted octanol–water partition coefficient (Wildman–Crippen LogP) is 1.80. The van der Waals surface area contributed by atoms with Crippen molar-refractivity contribution in [2.24, 2.45) is 0 Å². The molecule has 0 spiro atoms. The largest absolute Gasteiger partial charge is 0.557 e. The molecule has 0 aliphatic rings. The van der Waals surface area contributed by atoms with Crippen LogP contribution in [0.25, 0.3) is 0 Å². The Kier molecular flexibility index (Phi) is 34.8. The van der Waals surface area contributed by atoms with E-state index in [0.717, 1.165) is 6.42 Å². The van der Waals surface area contributed by atoms with Crippen LogP contribution in [0.2, 0.25) is 0 Å². The Morgan fingerprint density at radius 2 is 1.53 bits per heavy atom. The Labute approximate surface area is 82.4 Å². The van der Waals surface area contributed by atoms with Gasteiger partial charge in [0.15, 0.2) is 0 Å². The van der Waals surface area contributed by atoms with Crippen molar-refractivity contribution in [1.29, 1.82) is 0 Å². The molecule has 0 rings (SSSR count). The average Bonchev–Trinajstić information content (AvgIpc) is 2.03. The van der Waals surface area contributed by atoms with Crippen LogP contribution in [0.4, 0.5) is 0 Å². The first kappa shape index (κ1) is 29.3. The first-order valence-electron chi connectivity index (χ1n) is 3.48. The molecule has 0 heterocycles. The minimum absolute atomic E-state index is 0. The second-order valence-corrected chi connectivity index (χ2v) is 3.78. The molecule has 4 nitrogen and oxygen atoms in total. The van der Waals surface area contributed by atoms with Crippen LogP contribution in [-0.2, 0) is 19.0 Å². The van der Waals surface area contributed by atoms with Gasteiger partial charge in [0.25, 0.3) is 0 Å². The summed E-state index contributed by atoms with van der Waals surface area (Å²) in [6.45, 7) is 1.92. The zero-order chi connectivity index (χ0) is 10.0. The Morgan fingerprint density at radius 1 is 1.20 bits per heavy atom. The molecule has 0 saturated carbocycles. The third-order valence-corrected chi connectivity index (χ3v) is 2.08. The third kappa shape index (κ3) is 33.6. The zero-order valence-electron chi connectivity index (χ0n) is 9.99. The van der Waals surface area contributed by atoms with Gasteiger partial charge in [0.1, 0.15) is 0 Å². The predicted molar refractivity (Wildman–Crippen MR) is 53.9 cm³/mol. The maximum atomic E-state index is 10.5. The Balaban J connectivity index is -0.0000000500. The van der Waals surface area contributed by atoms with Gasteiger partial charge >= 0.3 is 0 Å². The van der Waals surface area contributed by atoms with Gasteiger partial charge in [-0.1, -0.05) is 13.3 Å². The standard InChI is InChI=1S/C5H11O3S.C2H5O.CH3.2Rf/c1-3-4-5-9(6,7)8-2;1-3-2;;;/h2-5H2,1H3;1H2,2H3;1H3;;/q3*-1;;. The molecule has 0 N–H and O–H groups in total. The normalized spacial score (nSPS) is 8.27. The third-order valence-electron chi connectivity index (χ3n) is 0.927. The summed E-state index contributed by atoms with van der Waals surface area (Å²) in [6.07, 6.45) is 1.49. The molecule has 0 saturated heterocycles. The van der Waals surface area contributed by atoms with Crippen LogP contribution in [0.15, 0.2) is 0 Å². The molecule has 0 aliphatic carbocycles. The van der Waals surface area contributed by atoms with Gasteiger partial charge in [-0.2, -0.15) is 0 Å². The van der Waals surface area contributed by atoms with Gasteiger partial charge in [0.2, 0.25) is 10.1 Å². The first-order chi connectivity index (χ1) is 5.54. The second-order valence-electron chi connectivity index (χ2n) is 2.02. The minimum atomic E-state index is -3.29. The van der Waals surface area contributed by atoms with E-state index < -0.39 is 10.1 Å². The summed E-state index contributed by atoms with van der Waals surface area (Å²) in [7, 11) is 4.03. The molecule has 0 fully saturated rings. The van der Waals surface area contributed by atoms with Crippen molar-refractivity contribution in [3.8, 4) is 0 Å². The van der Waals surface area contributed by atoms with Crippen LogP contribution >= 0.6 is 0 Å². The fourth-order valence-electron chi connectivity index (χ4n) is 0.380. The van der Waals surface area contributed by atoms with Gasteiger partial charge in [-0.05, 0) is 13.5 Å². The second kappa shape index (κ2) is 17.8. The molecule has 0 aromatic heterocycles. The van der Waals surface area contributed by atoms with Gasteiger partial charge in [-0.25, -0.2) is 22.6 Å². The summed E-state index contributed by atoms with van der Waals surface area (Å²) in [6, 6.07) is 0. The smallest absolute Gasteiger partial charge is 0.237 e. The summed E-state index contributed by atoms with van der Waals surface area (Å²) in [5.74, 6) is 0.0764. The van der Waals surface area contributed by atoms with E-state index >= 15 is 0 Å². The minimum Gasteiger partial charge on any atom is -0.557 e. The van der Waals surface area contributed by atoms with E-state index in [0.29, 0.717) is 6.42 Å². The Morgan fingerprint density at radius 3 is 1.73 bits per heavy atom. The number of unbranched alkanes of at least 4 members (excludes halogenated alkanes) is 1. The molecule has 0 radical (unpaired) electrons. The number of methoxy groups -OCH3 is 1. The molecular weight excluding hydrogens is 726 g/mol. The number of ether oxygens (including phenoxy) is 1. The molecule has 0 atom stereocenters. The van der Waals surface area contributed by atoms with Gasteiger partial charge in [-0.3, -0.25) is 0 Å². The SMILES string of the molecule is [CH2-]OC.[CH2-]OS(=O)(=O)CCCC.[CH3-].[Rf].[Rf]. The first-order valence-corrected chi connectivity index (χ1v) is 5.06. The average molecular weight is 745 g/mol. The van der Waals surface area contributed by atoms with Crippen molar-refractivity contribution < 1.29 is 17.3 Å². The molecule has 0 bridgehead atoms. The van der Waals surface area contributed by atoms with E-state index in [9.17, 15) is 8.42 Å². The molecule has 0 amide bonds. The number of rotatable bonds is 4. The molecule has 0 aromatic rings.